The van der Waals surface area contributed by atoms with Crippen molar-refractivity contribution < 1.29 is 24.8 Å². The van der Waals surface area contributed by atoms with Gasteiger partial charge in [-0.25, -0.2) is 0 Å². The van der Waals surface area contributed by atoms with Gasteiger partial charge in [-0.1, -0.05) is 23.8 Å². The van der Waals surface area contributed by atoms with Crippen LogP contribution >= 0.6 is 0 Å². The van der Waals surface area contributed by atoms with Crippen LogP contribution in [0.4, 0.5) is 0 Å². The zero-order chi connectivity index (χ0) is 18.2. The summed E-state index contributed by atoms with van der Waals surface area (Å²) in [4.78, 5) is 0.115. The van der Waals surface area contributed by atoms with Gasteiger partial charge in [0.25, 0.3) is 10.1 Å². The normalized spacial score (nSPS) is 18.2. The molecule has 1 aliphatic rings. The third-order valence-electron chi connectivity index (χ3n) is 3.44. The average molecular weight is 336 g/mol. The monoisotopic (exact) mass is 336 g/mol. The second-order valence-corrected chi connectivity index (χ2v) is 7.02. The Kier molecular flexibility index (Phi) is 3.62. The minimum Gasteiger partial charge on any atom is -0.454 e. The molecule has 3 rings (SSSR count). The number of benzene rings is 2. The molecule has 2 aromatic rings. The molecule has 5 nitrogen and oxygen atoms in total. The van der Waals surface area contributed by atoms with Crippen LogP contribution in [-0.2, 0) is 20.7 Å². The van der Waals surface area contributed by atoms with Crippen molar-refractivity contribution in [3.63, 3.8) is 0 Å². The Balaban J connectivity index is 1.69. The fraction of sp³-hybridized carbons (Fsp3) is 0.294. The Morgan fingerprint density at radius 3 is 2.61 bits per heavy atom. The van der Waals surface area contributed by atoms with Crippen LogP contribution < -0.4 is 9.47 Å². The van der Waals surface area contributed by atoms with Gasteiger partial charge in [0.15, 0.2) is 11.5 Å². The summed E-state index contributed by atoms with van der Waals surface area (Å²) in [6.45, 7) is 1.36. The van der Waals surface area contributed by atoms with E-state index < -0.39 is 23.0 Å². The largest absolute Gasteiger partial charge is 0.454 e. The molecule has 0 aliphatic carbocycles. The standard InChI is InChI=1S/C17H18O5S/c1-12-3-6-15(7-4-12)23(18,19)22-13(2)9-14-5-8-16-17(10-14)21-11-20-16/h3-8,10,13H,9,11H2,1-2H3/i11D2. The Hall–Kier alpha value is -2.05. The summed E-state index contributed by atoms with van der Waals surface area (Å²) < 4.78 is 54.8. The van der Waals surface area contributed by atoms with Gasteiger partial charge in [0.2, 0.25) is 6.75 Å². The molecular formula is C17H18O5S. The second-order valence-electron chi connectivity index (χ2n) is 5.45. The predicted octanol–water partition coefficient (Wildman–Crippen LogP) is 3.06. The minimum absolute atomic E-state index is 0.115. The third kappa shape index (κ3) is 3.65. The Labute approximate surface area is 138 Å². The smallest absolute Gasteiger partial charge is 0.297 e. The maximum Gasteiger partial charge on any atom is 0.297 e. The van der Waals surface area contributed by atoms with E-state index in [9.17, 15) is 8.42 Å². The van der Waals surface area contributed by atoms with Gasteiger partial charge in [0.05, 0.1) is 11.0 Å². The lowest BCUT2D eigenvalue weighted by Gasteiger charge is -2.13. The Bertz CT molecular complexity index is 878. The van der Waals surface area contributed by atoms with Crippen LogP contribution in [0.25, 0.3) is 0 Å². The van der Waals surface area contributed by atoms with Gasteiger partial charge in [-0.2, -0.15) is 8.42 Å². The maximum atomic E-state index is 12.3. The van der Waals surface area contributed by atoms with Crippen LogP contribution in [0.15, 0.2) is 47.4 Å². The van der Waals surface area contributed by atoms with Gasteiger partial charge >= 0.3 is 0 Å². The fourth-order valence-electron chi connectivity index (χ4n) is 2.30. The zero-order valence-corrected chi connectivity index (χ0v) is 13.6. The quantitative estimate of drug-likeness (QED) is 0.785. The van der Waals surface area contributed by atoms with Crippen LogP contribution in [0.5, 0.6) is 11.5 Å². The maximum absolute atomic E-state index is 12.3. The van der Waals surface area contributed by atoms with Crippen molar-refractivity contribution >= 4 is 10.1 Å². The van der Waals surface area contributed by atoms with Gasteiger partial charge in [-0.15, -0.1) is 0 Å². The van der Waals surface area contributed by atoms with Crippen LogP contribution in [0.1, 0.15) is 20.8 Å². The fourth-order valence-corrected chi connectivity index (χ4v) is 3.38. The van der Waals surface area contributed by atoms with Crippen molar-refractivity contribution in [2.24, 2.45) is 0 Å². The van der Waals surface area contributed by atoms with Crippen LogP contribution in [0, 0.1) is 6.92 Å². The number of fused-ring (bicyclic) bond motifs is 1. The molecule has 1 atom stereocenters. The van der Waals surface area contributed by atoms with E-state index in [0.29, 0.717) is 12.2 Å². The van der Waals surface area contributed by atoms with E-state index >= 15 is 0 Å². The summed E-state index contributed by atoms with van der Waals surface area (Å²) in [5.41, 5.74) is 1.72. The molecule has 0 spiro atoms. The van der Waals surface area contributed by atoms with E-state index in [1.54, 1.807) is 37.3 Å². The third-order valence-corrected chi connectivity index (χ3v) is 4.87. The van der Waals surface area contributed by atoms with E-state index in [1.165, 1.54) is 12.1 Å². The van der Waals surface area contributed by atoms with E-state index in [-0.39, 0.29) is 10.6 Å². The molecule has 0 saturated heterocycles. The summed E-state index contributed by atoms with van der Waals surface area (Å²) in [5, 5.41) is 0. The zero-order valence-electron chi connectivity index (χ0n) is 14.8. The summed E-state index contributed by atoms with van der Waals surface area (Å²) in [7, 11) is -3.84. The summed E-state index contributed by atoms with van der Waals surface area (Å²) in [5.74, 6) is 0.602. The van der Waals surface area contributed by atoms with Crippen molar-refractivity contribution in [1.29, 1.82) is 0 Å². The van der Waals surface area contributed by atoms with Crippen molar-refractivity contribution in [1.82, 2.24) is 0 Å². The molecule has 122 valence electrons. The SMILES string of the molecule is [2H]C1([2H])Oc2ccc(CC(C)OS(=O)(=O)c3ccc(C)cc3)cc2O1. The summed E-state index contributed by atoms with van der Waals surface area (Å²) in [6, 6.07) is 11.4. The lowest BCUT2D eigenvalue weighted by atomic mass is 10.1. The number of hydrogen-bond acceptors (Lipinski definition) is 5. The van der Waals surface area contributed by atoms with Crippen LogP contribution in [0.2, 0.25) is 0 Å². The van der Waals surface area contributed by atoms with Gasteiger partial charge in [-0.3, -0.25) is 4.18 Å². The molecular weight excluding hydrogens is 316 g/mol. The van der Waals surface area contributed by atoms with Crippen molar-refractivity contribution in [3.05, 3.63) is 53.6 Å². The van der Waals surface area contributed by atoms with Gasteiger partial charge in [-0.05, 0) is 50.1 Å². The van der Waals surface area contributed by atoms with E-state index in [1.807, 2.05) is 6.92 Å². The lowest BCUT2D eigenvalue weighted by Crippen LogP contribution is -2.18. The topological polar surface area (TPSA) is 61.8 Å². The summed E-state index contributed by atoms with van der Waals surface area (Å²) >= 11 is 0. The number of hydrogen-bond donors (Lipinski definition) is 0. The highest BCUT2D eigenvalue weighted by atomic mass is 32.2. The first-order chi connectivity index (χ1) is 11.6. The first kappa shape index (κ1) is 13.4. The molecule has 0 bridgehead atoms. The molecule has 1 heterocycles. The molecule has 1 unspecified atom stereocenters. The van der Waals surface area contributed by atoms with Crippen LogP contribution in [0.3, 0.4) is 0 Å². The minimum atomic E-state index is -3.84. The highest BCUT2D eigenvalue weighted by Gasteiger charge is 2.20. The second kappa shape index (κ2) is 6.22. The van der Waals surface area contributed by atoms with Gasteiger partial charge in [0, 0.05) is 0 Å². The molecule has 0 saturated carbocycles. The van der Waals surface area contributed by atoms with E-state index in [4.69, 9.17) is 16.4 Å². The highest BCUT2D eigenvalue weighted by Crippen LogP contribution is 2.33. The Morgan fingerprint density at radius 2 is 1.87 bits per heavy atom. The lowest BCUT2D eigenvalue weighted by molar-refractivity contribution is 0.174. The molecule has 0 radical (unpaired) electrons. The van der Waals surface area contributed by atoms with Gasteiger partial charge < -0.3 is 9.47 Å². The number of rotatable bonds is 5. The first-order valence-electron chi connectivity index (χ1n) is 8.15. The van der Waals surface area contributed by atoms with E-state index in [0.717, 1.165) is 11.1 Å². The van der Waals surface area contributed by atoms with E-state index in [2.05, 4.69) is 0 Å². The van der Waals surface area contributed by atoms with Gasteiger partial charge in [0.1, 0.15) is 2.74 Å². The van der Waals surface area contributed by atoms with Crippen LogP contribution in [-0.4, -0.2) is 21.3 Å². The molecule has 6 heteroatoms. The van der Waals surface area contributed by atoms with Crippen molar-refractivity contribution in [2.45, 2.75) is 31.3 Å². The number of aryl methyl sites for hydroxylation is 1. The molecule has 2 aromatic carbocycles. The summed E-state index contributed by atoms with van der Waals surface area (Å²) in [6.07, 6.45) is -0.270. The highest BCUT2D eigenvalue weighted by molar-refractivity contribution is 7.86. The molecule has 0 amide bonds. The Morgan fingerprint density at radius 1 is 1.17 bits per heavy atom. The van der Waals surface area contributed by atoms with Crippen molar-refractivity contribution in [3.8, 4) is 11.5 Å². The average Bonchev–Trinajstić information content (AvgIpc) is 2.80. The molecule has 0 aromatic heterocycles. The molecule has 1 aliphatic heterocycles. The number of ether oxygens (including phenoxy) is 2. The molecule has 0 fully saturated rings. The molecule has 0 N–H and O–H groups in total. The first-order valence-corrected chi connectivity index (χ1v) is 8.56. The molecule has 23 heavy (non-hydrogen) atoms. The predicted molar refractivity (Wildman–Crippen MR) is 85.2 cm³/mol. The van der Waals surface area contributed by atoms with Crippen molar-refractivity contribution in [2.75, 3.05) is 6.75 Å².